The number of thioether (sulfide) groups is 2. The molecule has 12 aliphatic rings. The van der Waals surface area contributed by atoms with Crippen LogP contribution in [-0.4, -0.2) is 221 Å². The number of piperidine rings is 6. The SMILES string of the molecule is CC(C)(C)Nc1cccc2c1C(=O)N(C1CCC(=O)NC1=O)C2=O.CC(C)(C)Nc1cccc2c1CN(C1CCC(=O)NC1=O)C2=O.CC(C)(C)Oc1cccc2c1C(=O)N(C1CCC(=O)NC1=O)C2=O.CC(C)(C)Oc1cccc2c1CN(C1CCC(=O)NC1=O)C2=O.CC(C)(C)Sc1cccc2c1C(=O)N(C1CCC(=O)NC1=O)C2=O.CC(C)(C)Sc1cccc2c1CN(C1CCC(=O)NC1=O)C2=O. The van der Waals surface area contributed by atoms with Gasteiger partial charge in [-0.3, -0.25) is 147 Å². The number of rotatable bonds is 12. The summed E-state index contributed by atoms with van der Waals surface area (Å²) >= 11 is 3.23. The summed E-state index contributed by atoms with van der Waals surface area (Å²) in [4.78, 5) is 264. The summed E-state index contributed by atoms with van der Waals surface area (Å²) in [5.74, 6) is -7.47. The van der Waals surface area contributed by atoms with Crippen molar-refractivity contribution in [3.8, 4) is 11.5 Å². The maximum Gasteiger partial charge on any atom is 0.266 e. The molecule has 37 nitrogen and oxygen atoms in total. The number of nitrogens with zero attached hydrogens (tertiary/aromatic N) is 6. The first-order valence-electron chi connectivity index (χ1n) is 46.5. The van der Waals surface area contributed by atoms with Gasteiger partial charge in [-0.25, -0.2) is 0 Å². The average molecular weight is 1970 g/mol. The van der Waals surface area contributed by atoms with Crippen molar-refractivity contribution in [2.75, 3.05) is 10.6 Å². The zero-order chi connectivity index (χ0) is 103. The maximum absolute atomic E-state index is 12.9. The monoisotopic (exact) mass is 1970 g/mol. The molecule has 6 aromatic rings. The van der Waals surface area contributed by atoms with E-state index in [1.165, 1.54) is 22.7 Å². The molecule has 0 aromatic heterocycles. The number of amides is 21. The van der Waals surface area contributed by atoms with Crippen molar-refractivity contribution in [3.63, 3.8) is 0 Å². The standard InChI is InChI=1S/C17H19N3O4.C17H21N3O3.C17H18N2O5.C17H18N2O4S.C17H20N2O4.C17H20N2O3S/c1-17(2,3)19-10-6-4-5-9-13(10)16(24)20(15(9)23)11-7-8-12(21)18-14(11)22;1-17(2,3)19-12-6-4-5-10-11(12)9-20(16(10)23)13-7-8-14(21)18-15(13)22;2*1-17(2,3)24-11-6-4-5-9-13(11)16(23)19(15(9)22)10-7-8-12(20)18-14(10)21;2*1-17(2,3)23-13-6-4-5-10-11(13)9-19(16(10)22)12-7-8-14(20)18-15(12)21/h4-6,11,19H,7-8H2,1-3H3,(H,18,21,22);4-6,13,19H,7-9H2,1-3H3,(H,18,21,22);2*4-6,10H,7-8H2,1-3H3,(H,18,20,21);2*4-6,12H,7-9H2,1-3H3,(H,18,20,21). The molecule has 18 rings (SSSR count). The van der Waals surface area contributed by atoms with Crippen molar-refractivity contribution < 1.29 is 110 Å². The second-order valence-electron chi connectivity index (χ2n) is 41.6. The van der Waals surface area contributed by atoms with Crippen molar-refractivity contribution >= 4 is 159 Å². The third-order valence-corrected chi connectivity index (χ3v) is 26.1. The van der Waals surface area contributed by atoms with Crippen LogP contribution in [0.2, 0.25) is 0 Å². The molecule has 744 valence electrons. The molecule has 6 saturated heterocycles. The summed E-state index contributed by atoms with van der Waals surface area (Å²) in [5, 5.41) is 20.1. The van der Waals surface area contributed by atoms with Crippen molar-refractivity contribution in [2.24, 2.45) is 0 Å². The summed E-state index contributed by atoms with van der Waals surface area (Å²) in [6.45, 7) is 37.0. The van der Waals surface area contributed by atoms with Gasteiger partial charge in [-0.15, -0.1) is 23.5 Å². The third-order valence-electron chi connectivity index (χ3n) is 23.7. The molecule has 0 radical (unpaired) electrons. The van der Waals surface area contributed by atoms with Crippen LogP contribution in [0.3, 0.4) is 0 Å². The molecule has 0 saturated carbocycles. The van der Waals surface area contributed by atoms with Crippen LogP contribution in [-0.2, 0) is 77.2 Å². The second-order valence-corrected chi connectivity index (χ2v) is 45.4. The van der Waals surface area contributed by atoms with E-state index in [4.69, 9.17) is 9.47 Å². The van der Waals surface area contributed by atoms with Gasteiger partial charge in [0.2, 0.25) is 70.9 Å². The van der Waals surface area contributed by atoms with Gasteiger partial charge in [0.1, 0.15) is 59.0 Å². The summed E-state index contributed by atoms with van der Waals surface area (Å²) in [6.07, 6.45) is 2.70. The van der Waals surface area contributed by atoms with Crippen LogP contribution in [0.1, 0.15) is 312 Å². The van der Waals surface area contributed by atoms with Gasteiger partial charge >= 0.3 is 0 Å². The van der Waals surface area contributed by atoms with E-state index in [2.05, 4.69) is 84.1 Å². The number of nitrogens with one attached hydrogen (secondary N) is 8. The Morgan fingerprint density at radius 3 is 0.908 bits per heavy atom. The van der Waals surface area contributed by atoms with Crippen LogP contribution in [0.25, 0.3) is 0 Å². The van der Waals surface area contributed by atoms with Crippen molar-refractivity contribution in [2.45, 2.75) is 299 Å². The van der Waals surface area contributed by atoms with Crippen LogP contribution >= 0.6 is 23.5 Å². The maximum atomic E-state index is 12.9. The van der Waals surface area contributed by atoms with E-state index < -0.39 is 107 Å². The Balaban J connectivity index is 0.000000142. The molecule has 0 spiro atoms. The van der Waals surface area contributed by atoms with Gasteiger partial charge < -0.3 is 34.8 Å². The zero-order valence-corrected chi connectivity index (χ0v) is 83.5. The zero-order valence-electron chi connectivity index (χ0n) is 81.9. The van der Waals surface area contributed by atoms with E-state index in [-0.39, 0.29) is 165 Å². The van der Waals surface area contributed by atoms with Gasteiger partial charge in [0.15, 0.2) is 0 Å². The molecule has 6 atom stereocenters. The fourth-order valence-electron chi connectivity index (χ4n) is 17.9. The van der Waals surface area contributed by atoms with Gasteiger partial charge in [-0.2, -0.15) is 0 Å². The quantitative estimate of drug-likeness (QED) is 0.0417. The number of fused-ring (bicyclic) bond motifs is 6. The molecular weight excluding hydrogens is 1850 g/mol. The van der Waals surface area contributed by atoms with Gasteiger partial charge in [0, 0.05) is 121 Å². The van der Waals surface area contributed by atoms with E-state index in [0.29, 0.717) is 83.9 Å². The van der Waals surface area contributed by atoms with E-state index in [1.807, 2.05) is 126 Å². The number of hydrogen-bond acceptors (Lipinski definition) is 27. The predicted octanol–water partition coefficient (Wildman–Crippen LogP) is 10.2. The minimum absolute atomic E-state index is 0.0419. The average Bonchev–Trinajstić information content (AvgIpc) is 1.60. The molecule has 39 heteroatoms. The Morgan fingerprint density at radius 2 is 0.539 bits per heavy atom. The van der Waals surface area contributed by atoms with E-state index in [1.54, 1.807) is 82.2 Å². The second kappa shape index (κ2) is 40.6. The lowest BCUT2D eigenvalue weighted by molar-refractivity contribution is -0.138. The van der Waals surface area contributed by atoms with E-state index in [0.717, 1.165) is 46.9 Å². The molecule has 8 N–H and O–H groups in total. The number of anilines is 2. The normalized spacial score (nSPS) is 21.2. The lowest BCUT2D eigenvalue weighted by Crippen LogP contribution is -2.54. The molecule has 6 fully saturated rings. The van der Waals surface area contributed by atoms with Crippen LogP contribution in [0, 0.1) is 0 Å². The molecule has 6 unspecified atom stereocenters. The molecule has 0 aliphatic carbocycles. The van der Waals surface area contributed by atoms with Gasteiger partial charge in [0.05, 0.1) is 39.9 Å². The molecule has 0 bridgehead atoms. The van der Waals surface area contributed by atoms with Crippen LogP contribution < -0.4 is 52.0 Å². The number of ether oxygens (including phenoxy) is 2. The Labute approximate surface area is 823 Å². The van der Waals surface area contributed by atoms with Crippen molar-refractivity contribution in [1.82, 2.24) is 61.3 Å². The Morgan fingerprint density at radius 1 is 0.270 bits per heavy atom. The van der Waals surface area contributed by atoms with Crippen LogP contribution in [0.5, 0.6) is 11.5 Å². The van der Waals surface area contributed by atoms with Crippen molar-refractivity contribution in [3.05, 3.63) is 176 Å². The number of benzene rings is 6. The highest BCUT2D eigenvalue weighted by Gasteiger charge is 2.52. The highest BCUT2D eigenvalue weighted by atomic mass is 32.2. The minimum atomic E-state index is -0.974. The lowest BCUT2D eigenvalue weighted by atomic mass is 10.0. The highest BCUT2D eigenvalue weighted by Crippen LogP contribution is 2.45. The summed E-state index contributed by atoms with van der Waals surface area (Å²) < 4.78 is 11.6. The van der Waals surface area contributed by atoms with Gasteiger partial charge in [-0.1, -0.05) is 77.9 Å². The van der Waals surface area contributed by atoms with E-state index >= 15 is 0 Å². The number of carbonyl (C=O) groups is 21. The first-order chi connectivity index (χ1) is 65.8. The Kier molecular flexibility index (Phi) is 30.0. The fraction of sp³-hybridized carbons (Fsp3) is 0.441. The molecule has 6 aromatic carbocycles. The smallest absolute Gasteiger partial charge is 0.266 e. The van der Waals surface area contributed by atoms with E-state index in [9.17, 15) is 101 Å². The number of hydrogen-bond donors (Lipinski definition) is 8. The molecule has 12 heterocycles. The predicted molar refractivity (Wildman–Crippen MR) is 516 cm³/mol. The van der Waals surface area contributed by atoms with Gasteiger partial charge in [0.25, 0.3) is 53.2 Å². The minimum Gasteiger partial charge on any atom is -0.488 e. The first kappa shape index (κ1) is 104. The van der Waals surface area contributed by atoms with Crippen LogP contribution in [0.15, 0.2) is 119 Å². The summed E-state index contributed by atoms with van der Waals surface area (Å²) in [5.41, 5.74) is 6.33. The molecular formula is C102H116N14O23S2. The fourth-order valence-corrected chi connectivity index (χ4v) is 20.1. The van der Waals surface area contributed by atoms with Crippen molar-refractivity contribution in [1.29, 1.82) is 0 Å². The Hall–Kier alpha value is -14.1. The third kappa shape index (κ3) is 23.6. The van der Waals surface area contributed by atoms with Gasteiger partial charge in [-0.05, 0) is 200 Å². The number of imide groups is 9. The topological polar surface area (TPSA) is 493 Å². The number of carbonyl (C=O) groups excluding carboxylic acids is 21. The van der Waals surface area contributed by atoms with Crippen LogP contribution in [0.4, 0.5) is 11.4 Å². The molecule has 141 heavy (non-hydrogen) atoms. The largest absolute Gasteiger partial charge is 0.488 e. The molecule has 12 aliphatic heterocycles. The lowest BCUT2D eigenvalue weighted by Gasteiger charge is -2.29. The first-order valence-corrected chi connectivity index (χ1v) is 48.1. The summed E-state index contributed by atoms with van der Waals surface area (Å²) in [6, 6.07) is 27.1. The Bertz CT molecular complexity index is 5710. The molecule has 21 amide bonds. The summed E-state index contributed by atoms with van der Waals surface area (Å²) in [7, 11) is 0. The highest BCUT2D eigenvalue weighted by molar-refractivity contribution is 8.01.